The third kappa shape index (κ3) is 10.0. The summed E-state index contributed by atoms with van der Waals surface area (Å²) in [4.78, 5) is 10.7. The van der Waals surface area contributed by atoms with Crippen LogP contribution in [0, 0.1) is 6.07 Å². The maximum Gasteiger partial charge on any atom is 0.148 e. The molecular formula is C71H62N3OPt-. The summed E-state index contributed by atoms with van der Waals surface area (Å²) in [6.07, 6.45) is 1.91. The number of aromatic hydroxyl groups is 1. The van der Waals surface area contributed by atoms with Crippen molar-refractivity contribution in [1.82, 2.24) is 14.5 Å². The largest absolute Gasteiger partial charge is 0.507 e. The average Bonchev–Trinajstić information content (AvgIpc) is 3.90. The molecule has 0 amide bonds. The topological polar surface area (TPSA) is 50.9 Å². The van der Waals surface area contributed by atoms with Crippen molar-refractivity contribution in [3.05, 3.63) is 253 Å². The molecule has 0 radical (unpaired) electrons. The van der Waals surface area contributed by atoms with Crippen LogP contribution in [0.15, 0.2) is 225 Å². The molecule has 2 aromatic heterocycles. The third-order valence-corrected chi connectivity index (χ3v) is 14.9. The van der Waals surface area contributed by atoms with E-state index in [2.05, 4.69) is 260 Å². The molecule has 0 aliphatic carbocycles. The number of imidazole rings is 1. The second kappa shape index (κ2) is 20.7. The normalized spacial score (nSPS) is 11.9. The summed E-state index contributed by atoms with van der Waals surface area (Å²) in [5, 5.41) is 12.8. The van der Waals surface area contributed by atoms with E-state index in [0.29, 0.717) is 11.4 Å². The second-order valence-electron chi connectivity index (χ2n) is 22.4. The van der Waals surface area contributed by atoms with Crippen LogP contribution in [-0.4, -0.2) is 19.6 Å². The molecule has 11 aromatic rings. The van der Waals surface area contributed by atoms with Gasteiger partial charge in [0.05, 0.1) is 22.3 Å². The van der Waals surface area contributed by atoms with Gasteiger partial charge in [-0.05, 0) is 97.3 Å². The number of phenols is 1. The van der Waals surface area contributed by atoms with Crippen LogP contribution in [0.4, 0.5) is 0 Å². The van der Waals surface area contributed by atoms with Gasteiger partial charge < -0.3 is 5.11 Å². The Morgan fingerprint density at radius 2 is 0.947 bits per heavy atom. The van der Waals surface area contributed by atoms with Crippen molar-refractivity contribution in [2.24, 2.45) is 0 Å². The Morgan fingerprint density at radius 1 is 0.408 bits per heavy atom. The van der Waals surface area contributed by atoms with E-state index in [0.717, 1.165) is 89.2 Å². The maximum absolute atomic E-state index is 12.8. The number of hydrogen-bond donors (Lipinski definition) is 1. The number of hydrogen-bond acceptors (Lipinski definition) is 3. The molecule has 0 unspecified atom stereocenters. The van der Waals surface area contributed by atoms with Crippen LogP contribution in [0.5, 0.6) is 5.75 Å². The van der Waals surface area contributed by atoms with Crippen molar-refractivity contribution in [2.75, 3.05) is 0 Å². The first kappa shape index (κ1) is 51.6. The SMILES string of the molecule is CC(C)(C)c1cc(-c2cc(-c3ccc(C(C)(C)c4ccccc4)cc3)ccn2)[c-]c(-c2cccc3c2nc(-c2cc(-c4ccccc4)cc(-c4ccccc4)c2O)n3-c2ccc(C(C)(C)C)cc2-c2ccccc2)c1.[Pt]. The summed E-state index contributed by atoms with van der Waals surface area (Å²) in [5.74, 6) is 0.793. The van der Waals surface area contributed by atoms with E-state index in [4.69, 9.17) is 9.97 Å². The van der Waals surface area contributed by atoms with Crippen LogP contribution in [0.1, 0.15) is 77.6 Å². The van der Waals surface area contributed by atoms with Gasteiger partial charge in [-0.1, -0.05) is 236 Å². The van der Waals surface area contributed by atoms with Crippen LogP contribution in [0.3, 0.4) is 0 Å². The molecule has 0 bridgehead atoms. The molecule has 0 aliphatic heterocycles. The number of para-hydroxylation sites is 1. The minimum absolute atomic E-state index is 0. The summed E-state index contributed by atoms with van der Waals surface area (Å²) >= 11 is 0. The van der Waals surface area contributed by atoms with Crippen molar-refractivity contribution in [1.29, 1.82) is 0 Å². The second-order valence-corrected chi connectivity index (χ2v) is 22.4. The number of nitrogens with zero attached hydrogens (tertiary/aromatic N) is 3. The zero-order valence-corrected chi connectivity index (χ0v) is 46.7. The van der Waals surface area contributed by atoms with Gasteiger partial charge in [0.2, 0.25) is 0 Å². The number of pyridine rings is 1. The molecule has 11 rings (SSSR count). The van der Waals surface area contributed by atoms with Crippen LogP contribution < -0.4 is 0 Å². The predicted octanol–water partition coefficient (Wildman–Crippen LogP) is 18.5. The first-order chi connectivity index (χ1) is 36.1. The molecule has 0 spiro atoms. The molecule has 0 aliphatic rings. The Hall–Kier alpha value is -7.91. The predicted molar refractivity (Wildman–Crippen MR) is 313 cm³/mol. The van der Waals surface area contributed by atoms with Gasteiger partial charge in [-0.2, -0.15) is 0 Å². The van der Waals surface area contributed by atoms with Gasteiger partial charge in [0.15, 0.2) is 0 Å². The van der Waals surface area contributed by atoms with Crippen LogP contribution in [0.25, 0.3) is 95.0 Å². The zero-order valence-electron chi connectivity index (χ0n) is 44.5. The van der Waals surface area contributed by atoms with Crippen molar-refractivity contribution in [3.8, 4) is 89.7 Å². The van der Waals surface area contributed by atoms with E-state index in [9.17, 15) is 5.11 Å². The number of rotatable bonds is 10. The standard InChI is InChI=1S/C71H62N3O.Pt/c1-69(2,3)57-36-37-64(60(46-57)49-24-15-10-16-25-49)74-65-31-21-30-59(66(65)73-68(74)62-44-52(47-22-13-9-14-23-47)43-61(67(62)75)50-26-17-11-18-27-50)53-40-54(42-58(41-53)70(4,5)6)63-45-51(38-39-72-63)48-32-34-56(35-33-48)71(7,8)55-28-19-12-20-29-55;/h9-39,41-46,75H,1-8H3;/q-1;. The smallest absolute Gasteiger partial charge is 0.148 e. The van der Waals surface area contributed by atoms with Crippen LogP contribution >= 0.6 is 0 Å². The van der Waals surface area contributed by atoms with Crippen molar-refractivity contribution in [2.45, 2.75) is 71.6 Å². The molecule has 9 aromatic carbocycles. The summed E-state index contributed by atoms with van der Waals surface area (Å²) in [6, 6.07) is 80.9. The first-order valence-corrected chi connectivity index (χ1v) is 26.0. The Kier molecular flexibility index (Phi) is 14.0. The number of benzene rings is 9. The molecule has 0 saturated carbocycles. The summed E-state index contributed by atoms with van der Waals surface area (Å²) in [5.41, 5.74) is 19.4. The fourth-order valence-electron chi connectivity index (χ4n) is 10.4. The molecule has 5 heteroatoms. The van der Waals surface area contributed by atoms with Gasteiger partial charge in [-0.3, -0.25) is 9.55 Å². The molecule has 1 N–H and O–H groups in total. The molecule has 4 nitrogen and oxygen atoms in total. The number of fused-ring (bicyclic) bond motifs is 1. The Bertz CT molecular complexity index is 3850. The van der Waals surface area contributed by atoms with E-state index in [-0.39, 0.29) is 43.1 Å². The molecule has 378 valence electrons. The van der Waals surface area contributed by atoms with Gasteiger partial charge in [0.1, 0.15) is 11.6 Å². The van der Waals surface area contributed by atoms with Crippen LogP contribution in [-0.2, 0) is 37.3 Å². The van der Waals surface area contributed by atoms with Gasteiger partial charge in [0.25, 0.3) is 0 Å². The van der Waals surface area contributed by atoms with Gasteiger partial charge in [0, 0.05) is 49.5 Å². The van der Waals surface area contributed by atoms with Gasteiger partial charge >= 0.3 is 0 Å². The van der Waals surface area contributed by atoms with Crippen LogP contribution in [0.2, 0.25) is 0 Å². The minimum Gasteiger partial charge on any atom is -0.507 e. The quantitative estimate of drug-likeness (QED) is 0.139. The van der Waals surface area contributed by atoms with E-state index in [1.165, 1.54) is 16.7 Å². The van der Waals surface area contributed by atoms with Crippen molar-refractivity contribution < 1.29 is 26.2 Å². The zero-order chi connectivity index (χ0) is 52.1. The molecule has 0 fully saturated rings. The summed E-state index contributed by atoms with van der Waals surface area (Å²) in [6.45, 7) is 18.1. The van der Waals surface area contributed by atoms with E-state index in [1.54, 1.807) is 0 Å². The van der Waals surface area contributed by atoms with Crippen molar-refractivity contribution in [3.63, 3.8) is 0 Å². The Balaban J connectivity index is 0.00000657. The van der Waals surface area contributed by atoms with E-state index in [1.807, 2.05) is 30.5 Å². The van der Waals surface area contributed by atoms with E-state index < -0.39 is 0 Å². The van der Waals surface area contributed by atoms with E-state index >= 15 is 0 Å². The third-order valence-electron chi connectivity index (χ3n) is 14.9. The maximum atomic E-state index is 12.8. The number of aromatic nitrogens is 3. The first-order valence-electron chi connectivity index (χ1n) is 26.0. The molecule has 0 saturated heterocycles. The van der Waals surface area contributed by atoms with Crippen molar-refractivity contribution >= 4 is 11.0 Å². The summed E-state index contributed by atoms with van der Waals surface area (Å²) in [7, 11) is 0. The molecule has 0 atom stereocenters. The average molecular weight is 1170 g/mol. The Morgan fingerprint density at radius 3 is 1.58 bits per heavy atom. The molecule has 2 heterocycles. The fraction of sp³-hybridized carbons (Fsp3) is 0.155. The number of phenolic OH excluding ortho intramolecular Hbond substituents is 1. The molecular weight excluding hydrogens is 1110 g/mol. The minimum atomic E-state index is -0.201. The molecule has 76 heavy (non-hydrogen) atoms. The Labute approximate surface area is 463 Å². The fourth-order valence-corrected chi connectivity index (χ4v) is 10.4. The van der Waals surface area contributed by atoms with Gasteiger partial charge in [-0.25, -0.2) is 4.98 Å². The summed E-state index contributed by atoms with van der Waals surface area (Å²) < 4.78 is 2.26. The monoisotopic (exact) mass is 1170 g/mol. The van der Waals surface area contributed by atoms with Gasteiger partial charge in [-0.15, -0.1) is 29.3 Å².